The van der Waals surface area contributed by atoms with E-state index in [-0.39, 0.29) is 4.75 Å². The highest BCUT2D eigenvalue weighted by molar-refractivity contribution is 8.00. The van der Waals surface area contributed by atoms with Crippen LogP contribution in [-0.2, 0) is 5.75 Å². The van der Waals surface area contributed by atoms with Crippen molar-refractivity contribution < 1.29 is 4.74 Å². The van der Waals surface area contributed by atoms with Crippen molar-refractivity contribution in [3.8, 4) is 5.75 Å². The van der Waals surface area contributed by atoms with Crippen molar-refractivity contribution in [2.75, 3.05) is 13.7 Å². The van der Waals surface area contributed by atoms with Gasteiger partial charge in [-0.1, -0.05) is 6.07 Å². The summed E-state index contributed by atoms with van der Waals surface area (Å²) >= 11 is 2.01. The second-order valence-corrected chi connectivity index (χ2v) is 6.54. The Kier molecular flexibility index (Phi) is 3.69. The molecule has 3 heteroatoms. The number of thioether (sulfide) groups is 1. The molecule has 1 aliphatic heterocycles. The molecule has 0 radical (unpaired) electrons. The first-order valence-corrected chi connectivity index (χ1v) is 7.14. The highest BCUT2D eigenvalue weighted by atomic mass is 32.2. The normalized spacial score (nSPS) is 22.0. The average molecular weight is 251 g/mol. The van der Waals surface area contributed by atoms with Gasteiger partial charge in [0.15, 0.2) is 0 Å². The average Bonchev–Trinajstić information content (AvgIpc) is 2.28. The first-order chi connectivity index (χ1) is 8.08. The lowest BCUT2D eigenvalue weighted by Crippen LogP contribution is -2.38. The van der Waals surface area contributed by atoms with Gasteiger partial charge in [-0.25, -0.2) is 0 Å². The van der Waals surface area contributed by atoms with E-state index in [9.17, 15) is 0 Å². The molecule has 0 amide bonds. The van der Waals surface area contributed by atoms with Crippen molar-refractivity contribution in [2.24, 2.45) is 0 Å². The predicted octanol–water partition coefficient (Wildman–Crippen LogP) is 3.37. The lowest BCUT2D eigenvalue weighted by molar-refractivity contribution is 0.338. The van der Waals surface area contributed by atoms with Crippen LogP contribution < -0.4 is 10.1 Å². The number of nitrogens with one attached hydrogen (secondary N) is 1. The van der Waals surface area contributed by atoms with Gasteiger partial charge in [-0.3, -0.25) is 0 Å². The molecule has 1 heterocycles. The van der Waals surface area contributed by atoms with E-state index >= 15 is 0 Å². The second-order valence-electron chi connectivity index (χ2n) is 4.91. The van der Waals surface area contributed by atoms with Gasteiger partial charge in [0.25, 0.3) is 0 Å². The lowest BCUT2D eigenvalue weighted by Gasteiger charge is -2.39. The number of benzene rings is 1. The fraction of sp³-hybridized carbons (Fsp3) is 0.571. The maximum absolute atomic E-state index is 5.60. The van der Waals surface area contributed by atoms with Crippen LogP contribution in [0.3, 0.4) is 0 Å². The SMILES string of the molecule is CCOc1ccc2c(c1)C(NC)C(C)(C)SC2. The number of hydrogen-bond donors (Lipinski definition) is 1. The second kappa shape index (κ2) is 4.91. The Bertz CT molecular complexity index is 403. The summed E-state index contributed by atoms with van der Waals surface area (Å²) in [5, 5.41) is 3.44. The molecule has 1 unspecified atom stereocenters. The van der Waals surface area contributed by atoms with Crippen molar-refractivity contribution in [3.63, 3.8) is 0 Å². The van der Waals surface area contributed by atoms with E-state index in [1.54, 1.807) is 0 Å². The number of fused-ring (bicyclic) bond motifs is 1. The van der Waals surface area contributed by atoms with Crippen LogP contribution in [-0.4, -0.2) is 18.4 Å². The summed E-state index contributed by atoms with van der Waals surface area (Å²) in [6.45, 7) is 7.35. The molecular weight excluding hydrogens is 230 g/mol. The minimum atomic E-state index is 0.229. The highest BCUT2D eigenvalue weighted by Gasteiger charge is 2.35. The summed E-state index contributed by atoms with van der Waals surface area (Å²) in [6, 6.07) is 6.86. The third kappa shape index (κ3) is 2.45. The molecule has 0 saturated carbocycles. The zero-order valence-corrected chi connectivity index (χ0v) is 11.9. The summed E-state index contributed by atoms with van der Waals surface area (Å²) in [5.74, 6) is 2.07. The van der Waals surface area contributed by atoms with Crippen LogP contribution in [0, 0.1) is 0 Å². The third-order valence-electron chi connectivity index (χ3n) is 3.32. The number of rotatable bonds is 3. The molecule has 1 N–H and O–H groups in total. The van der Waals surface area contributed by atoms with Gasteiger partial charge in [0.1, 0.15) is 5.75 Å². The van der Waals surface area contributed by atoms with Crippen LogP contribution in [0.15, 0.2) is 18.2 Å². The van der Waals surface area contributed by atoms with Crippen molar-refractivity contribution in [3.05, 3.63) is 29.3 Å². The van der Waals surface area contributed by atoms with Gasteiger partial charge < -0.3 is 10.1 Å². The molecule has 1 aliphatic rings. The quantitative estimate of drug-likeness (QED) is 0.890. The first kappa shape index (κ1) is 12.8. The highest BCUT2D eigenvalue weighted by Crippen LogP contribution is 2.46. The van der Waals surface area contributed by atoms with Crippen LogP contribution in [0.25, 0.3) is 0 Å². The summed E-state index contributed by atoms with van der Waals surface area (Å²) in [7, 11) is 2.04. The molecular formula is C14H21NOS. The minimum Gasteiger partial charge on any atom is -0.494 e. The standard InChI is InChI=1S/C14H21NOS/c1-5-16-11-7-6-10-9-17-14(2,3)13(15-4)12(10)8-11/h6-8,13,15H,5,9H2,1-4H3. The van der Waals surface area contributed by atoms with Gasteiger partial charge in [-0.15, -0.1) is 11.8 Å². The van der Waals surface area contributed by atoms with Gasteiger partial charge >= 0.3 is 0 Å². The molecule has 0 saturated heterocycles. The van der Waals surface area contributed by atoms with Crippen LogP contribution >= 0.6 is 11.8 Å². The van der Waals surface area contributed by atoms with Crippen LogP contribution in [0.1, 0.15) is 37.9 Å². The maximum Gasteiger partial charge on any atom is 0.119 e. The number of ether oxygens (including phenoxy) is 1. The van der Waals surface area contributed by atoms with Crippen LogP contribution in [0.4, 0.5) is 0 Å². The van der Waals surface area contributed by atoms with E-state index in [2.05, 4.69) is 37.4 Å². The Labute approximate surface area is 108 Å². The van der Waals surface area contributed by atoms with Gasteiger partial charge in [-0.2, -0.15) is 0 Å². The van der Waals surface area contributed by atoms with Crippen molar-refractivity contribution in [1.29, 1.82) is 0 Å². The Balaban J connectivity index is 2.40. The van der Waals surface area contributed by atoms with E-state index in [4.69, 9.17) is 4.74 Å². The maximum atomic E-state index is 5.60. The van der Waals surface area contributed by atoms with E-state index in [0.29, 0.717) is 6.04 Å². The fourth-order valence-corrected chi connectivity index (χ4v) is 3.66. The molecule has 1 aromatic rings. The molecule has 0 bridgehead atoms. The third-order valence-corrected chi connectivity index (χ3v) is 4.76. The summed E-state index contributed by atoms with van der Waals surface area (Å²) in [4.78, 5) is 0. The minimum absolute atomic E-state index is 0.229. The molecule has 0 aliphatic carbocycles. The predicted molar refractivity (Wildman–Crippen MR) is 74.8 cm³/mol. The van der Waals surface area contributed by atoms with Crippen molar-refractivity contribution >= 4 is 11.8 Å². The van der Waals surface area contributed by atoms with Gasteiger partial charge in [0.2, 0.25) is 0 Å². The van der Waals surface area contributed by atoms with E-state index in [1.165, 1.54) is 11.1 Å². The Morgan fingerprint density at radius 2 is 2.24 bits per heavy atom. The molecule has 2 rings (SSSR count). The van der Waals surface area contributed by atoms with Crippen LogP contribution in [0.5, 0.6) is 5.75 Å². The lowest BCUT2D eigenvalue weighted by atomic mass is 9.91. The van der Waals surface area contributed by atoms with Crippen LogP contribution in [0.2, 0.25) is 0 Å². The summed E-state index contributed by atoms with van der Waals surface area (Å²) in [6.07, 6.45) is 0. The molecule has 1 aromatic carbocycles. The molecule has 94 valence electrons. The molecule has 17 heavy (non-hydrogen) atoms. The van der Waals surface area contributed by atoms with Gasteiger partial charge in [0, 0.05) is 16.5 Å². The molecule has 2 nitrogen and oxygen atoms in total. The monoisotopic (exact) mass is 251 g/mol. The molecule has 0 spiro atoms. The Hall–Kier alpha value is -0.670. The summed E-state index contributed by atoms with van der Waals surface area (Å²) in [5.41, 5.74) is 2.82. The van der Waals surface area contributed by atoms with Crippen molar-refractivity contribution in [1.82, 2.24) is 5.32 Å². The zero-order chi connectivity index (χ0) is 12.5. The number of hydrogen-bond acceptors (Lipinski definition) is 3. The van der Waals surface area contributed by atoms with Gasteiger partial charge in [0.05, 0.1) is 6.61 Å². The largest absolute Gasteiger partial charge is 0.494 e. The Morgan fingerprint density at radius 3 is 2.88 bits per heavy atom. The first-order valence-electron chi connectivity index (χ1n) is 6.15. The van der Waals surface area contributed by atoms with E-state index in [1.807, 2.05) is 25.7 Å². The smallest absolute Gasteiger partial charge is 0.119 e. The zero-order valence-electron chi connectivity index (χ0n) is 11.0. The van der Waals surface area contributed by atoms with E-state index < -0.39 is 0 Å². The van der Waals surface area contributed by atoms with Gasteiger partial charge in [-0.05, 0) is 51.1 Å². The molecule has 0 fully saturated rings. The van der Waals surface area contributed by atoms with Crippen molar-refractivity contribution in [2.45, 2.75) is 37.3 Å². The topological polar surface area (TPSA) is 21.3 Å². The summed E-state index contributed by atoms with van der Waals surface area (Å²) < 4.78 is 5.83. The van der Waals surface area contributed by atoms with E-state index in [0.717, 1.165) is 18.1 Å². The molecule has 1 atom stereocenters. The fourth-order valence-electron chi connectivity index (χ4n) is 2.45. The molecule has 0 aromatic heterocycles. The Morgan fingerprint density at radius 1 is 1.47 bits per heavy atom.